The summed E-state index contributed by atoms with van der Waals surface area (Å²) in [4.78, 5) is 2.52. The number of rotatable bonds is 7. The number of hydrogen-bond acceptors (Lipinski definition) is 4. The van der Waals surface area contributed by atoms with Gasteiger partial charge in [-0.2, -0.15) is 13.2 Å². The Morgan fingerprint density at radius 2 is 1.55 bits per heavy atom. The van der Waals surface area contributed by atoms with Gasteiger partial charge in [0.1, 0.15) is 11.5 Å². The quantitative estimate of drug-likeness (QED) is 0.260. The van der Waals surface area contributed by atoms with Gasteiger partial charge in [0.15, 0.2) is 6.61 Å². The van der Waals surface area contributed by atoms with Gasteiger partial charge in [0.25, 0.3) is 0 Å². The molecule has 0 amide bonds. The van der Waals surface area contributed by atoms with Crippen LogP contribution >= 0.6 is 0 Å². The Morgan fingerprint density at radius 1 is 0.857 bits per heavy atom. The molecule has 3 fully saturated rings. The number of alkyl halides is 6. The molecule has 0 N–H and O–H groups in total. The van der Waals surface area contributed by atoms with Crippen molar-refractivity contribution in [3.63, 3.8) is 0 Å². The summed E-state index contributed by atoms with van der Waals surface area (Å²) in [5, 5.41) is 0. The second-order valence-electron chi connectivity index (χ2n) is 11.4. The van der Waals surface area contributed by atoms with E-state index in [1.807, 2.05) is 36.4 Å². The van der Waals surface area contributed by atoms with E-state index < -0.39 is 42.0 Å². The molecule has 0 aromatic heterocycles. The molecule has 4 unspecified atom stereocenters. The zero-order valence-electron chi connectivity index (χ0n) is 22.8. The van der Waals surface area contributed by atoms with E-state index in [-0.39, 0.29) is 17.9 Å². The average Bonchev–Trinajstić information content (AvgIpc) is 3.49. The molecule has 4 nitrogen and oxygen atoms in total. The van der Waals surface area contributed by atoms with Crippen LogP contribution in [0.5, 0.6) is 11.5 Å². The SMILES string of the molecule is FC(F)(F)COc1ccc(OC(F)(F)F)cc1C1COC2(CCC3CCC2(c2ccccc2)N3Cc2ccccc2)C1. The van der Waals surface area contributed by atoms with E-state index in [0.717, 1.165) is 55.0 Å². The molecule has 42 heavy (non-hydrogen) atoms. The van der Waals surface area contributed by atoms with E-state index in [0.29, 0.717) is 19.0 Å². The van der Waals surface area contributed by atoms with Crippen LogP contribution < -0.4 is 9.47 Å². The number of fused-ring (bicyclic) bond motifs is 3. The van der Waals surface area contributed by atoms with E-state index in [1.165, 1.54) is 0 Å². The van der Waals surface area contributed by atoms with Crippen LogP contribution in [0.4, 0.5) is 26.3 Å². The molecule has 0 radical (unpaired) electrons. The Bertz CT molecular complexity index is 1380. The molecule has 3 saturated heterocycles. The highest BCUT2D eigenvalue weighted by Gasteiger charge is 2.66. The van der Waals surface area contributed by atoms with Gasteiger partial charge in [-0.1, -0.05) is 60.7 Å². The van der Waals surface area contributed by atoms with Crippen LogP contribution in [0.25, 0.3) is 0 Å². The molecule has 3 aliphatic rings. The molecular weight excluding hydrogens is 560 g/mol. The minimum atomic E-state index is -4.95. The lowest BCUT2D eigenvalue weighted by Gasteiger charge is -2.56. The Balaban J connectivity index is 1.39. The van der Waals surface area contributed by atoms with Crippen LogP contribution in [0, 0.1) is 0 Å². The number of benzene rings is 3. The Hall–Kier alpha value is -3.24. The summed E-state index contributed by atoms with van der Waals surface area (Å²) in [6.45, 7) is -0.722. The maximum absolute atomic E-state index is 13.1. The molecule has 4 atom stereocenters. The molecule has 0 saturated carbocycles. The molecule has 3 aromatic carbocycles. The van der Waals surface area contributed by atoms with Gasteiger partial charge in [0.2, 0.25) is 0 Å². The lowest BCUT2D eigenvalue weighted by atomic mass is 9.66. The number of piperidine rings is 1. The molecule has 2 bridgehead atoms. The Kier molecular flexibility index (Phi) is 7.42. The van der Waals surface area contributed by atoms with Gasteiger partial charge in [-0.3, -0.25) is 4.90 Å². The standard InChI is InChI=1S/C32H31F6NO3/c33-31(34,35)21-40-28-12-11-26(42-32(36,37)38)17-27(28)23-18-29(41-20-23)15-13-25-14-16-30(29,24-9-5-2-6-10-24)39(25)19-22-7-3-1-4-8-22/h1-12,17,23,25H,13-16,18-21H2. The van der Waals surface area contributed by atoms with Gasteiger partial charge in [0.05, 0.1) is 17.7 Å². The number of nitrogens with zero attached hydrogens (tertiary/aromatic N) is 1. The fourth-order valence-corrected chi connectivity index (χ4v) is 7.49. The van der Waals surface area contributed by atoms with Crippen LogP contribution in [0.3, 0.4) is 0 Å². The molecule has 3 aromatic rings. The van der Waals surface area contributed by atoms with Gasteiger partial charge in [-0.05, 0) is 61.4 Å². The largest absolute Gasteiger partial charge is 0.573 e. The first-order valence-corrected chi connectivity index (χ1v) is 14.1. The van der Waals surface area contributed by atoms with Crippen molar-refractivity contribution in [1.29, 1.82) is 0 Å². The second-order valence-corrected chi connectivity index (χ2v) is 11.4. The summed E-state index contributed by atoms with van der Waals surface area (Å²) < 4.78 is 94.4. The first-order valence-electron chi connectivity index (χ1n) is 14.1. The van der Waals surface area contributed by atoms with Crippen molar-refractivity contribution in [2.24, 2.45) is 0 Å². The maximum atomic E-state index is 13.1. The topological polar surface area (TPSA) is 30.9 Å². The lowest BCUT2D eigenvalue weighted by Crippen LogP contribution is -2.63. The fraction of sp³-hybridized carbons (Fsp3) is 0.438. The highest BCUT2D eigenvalue weighted by molar-refractivity contribution is 5.45. The highest BCUT2D eigenvalue weighted by Crippen LogP contribution is 2.62. The third-order valence-corrected chi connectivity index (χ3v) is 9.04. The fourth-order valence-electron chi connectivity index (χ4n) is 7.49. The summed E-state index contributed by atoms with van der Waals surface area (Å²) in [5.74, 6) is -1.13. The van der Waals surface area contributed by atoms with Crippen molar-refractivity contribution in [1.82, 2.24) is 4.90 Å². The van der Waals surface area contributed by atoms with E-state index in [1.54, 1.807) is 0 Å². The monoisotopic (exact) mass is 591 g/mol. The minimum Gasteiger partial charge on any atom is -0.484 e. The summed E-state index contributed by atoms with van der Waals surface area (Å²) in [7, 11) is 0. The Morgan fingerprint density at radius 3 is 2.24 bits per heavy atom. The van der Waals surface area contributed by atoms with Gasteiger partial charge >= 0.3 is 12.5 Å². The smallest absolute Gasteiger partial charge is 0.484 e. The van der Waals surface area contributed by atoms with E-state index >= 15 is 0 Å². The van der Waals surface area contributed by atoms with Crippen molar-refractivity contribution in [2.75, 3.05) is 13.2 Å². The molecule has 0 aliphatic carbocycles. The highest BCUT2D eigenvalue weighted by atomic mass is 19.4. The zero-order chi connectivity index (χ0) is 29.6. The second kappa shape index (κ2) is 10.8. The predicted molar refractivity (Wildman–Crippen MR) is 143 cm³/mol. The van der Waals surface area contributed by atoms with Crippen molar-refractivity contribution in [3.05, 3.63) is 95.6 Å². The number of halogens is 6. The number of hydrogen-bond donors (Lipinski definition) is 0. The summed E-state index contributed by atoms with van der Waals surface area (Å²) in [5.41, 5.74) is 1.26. The normalized spacial score (nSPS) is 27.9. The van der Waals surface area contributed by atoms with Crippen molar-refractivity contribution in [2.45, 2.75) is 74.3 Å². The summed E-state index contributed by atoms with van der Waals surface area (Å²) in [6.07, 6.45) is -5.74. The summed E-state index contributed by atoms with van der Waals surface area (Å²) in [6, 6.07) is 23.9. The van der Waals surface area contributed by atoms with Gasteiger partial charge in [-0.15, -0.1) is 13.2 Å². The first kappa shape index (κ1) is 28.9. The lowest BCUT2D eigenvalue weighted by molar-refractivity contribution is -0.274. The van der Waals surface area contributed by atoms with Crippen LogP contribution in [-0.4, -0.2) is 42.3 Å². The van der Waals surface area contributed by atoms with Crippen molar-refractivity contribution < 1.29 is 40.6 Å². The minimum absolute atomic E-state index is 0.123. The number of ether oxygens (including phenoxy) is 3. The first-order chi connectivity index (χ1) is 20.0. The third-order valence-electron chi connectivity index (χ3n) is 9.04. The van der Waals surface area contributed by atoms with Gasteiger partial charge in [0, 0.05) is 24.1 Å². The van der Waals surface area contributed by atoms with Crippen LogP contribution in [0.2, 0.25) is 0 Å². The van der Waals surface area contributed by atoms with Crippen molar-refractivity contribution in [3.8, 4) is 11.5 Å². The zero-order valence-corrected chi connectivity index (χ0v) is 22.8. The average molecular weight is 592 g/mol. The van der Waals surface area contributed by atoms with E-state index in [9.17, 15) is 26.3 Å². The molecule has 10 heteroatoms. The molecule has 3 aliphatic heterocycles. The molecule has 1 spiro atoms. The molecule has 3 heterocycles. The maximum Gasteiger partial charge on any atom is 0.573 e. The molecular formula is C32H31F6NO3. The predicted octanol–water partition coefficient (Wildman–Crippen LogP) is 8.12. The van der Waals surface area contributed by atoms with Gasteiger partial charge < -0.3 is 14.2 Å². The Labute approximate surface area is 240 Å². The van der Waals surface area contributed by atoms with E-state index in [2.05, 4.69) is 33.9 Å². The van der Waals surface area contributed by atoms with E-state index in [4.69, 9.17) is 9.47 Å². The molecule has 224 valence electrons. The van der Waals surface area contributed by atoms with Crippen LogP contribution in [0.1, 0.15) is 54.7 Å². The third kappa shape index (κ3) is 5.46. The van der Waals surface area contributed by atoms with Crippen LogP contribution in [0.15, 0.2) is 78.9 Å². The van der Waals surface area contributed by atoms with Crippen LogP contribution in [-0.2, 0) is 16.8 Å². The molecule has 6 rings (SSSR count). The summed E-state index contributed by atoms with van der Waals surface area (Å²) >= 11 is 0. The van der Waals surface area contributed by atoms with Crippen molar-refractivity contribution >= 4 is 0 Å². The van der Waals surface area contributed by atoms with Gasteiger partial charge in [-0.25, -0.2) is 0 Å².